The summed E-state index contributed by atoms with van der Waals surface area (Å²) in [7, 11) is 0. The van der Waals surface area contributed by atoms with Crippen LogP contribution in [0, 0.1) is 5.92 Å². The van der Waals surface area contributed by atoms with Crippen molar-refractivity contribution in [2.75, 3.05) is 0 Å². The molecule has 2 bridgehead atoms. The van der Waals surface area contributed by atoms with Gasteiger partial charge >= 0.3 is 0 Å². The molecule has 3 aliphatic heterocycles. The SMILES string of the molecule is CCC1(C)NC(C2CCCC2)N(C2CC3CCC2O3)C1=O. The van der Waals surface area contributed by atoms with E-state index >= 15 is 0 Å². The molecule has 4 fully saturated rings. The van der Waals surface area contributed by atoms with Crippen LogP contribution in [0.1, 0.15) is 65.2 Å². The van der Waals surface area contributed by atoms with Gasteiger partial charge < -0.3 is 9.64 Å². The number of hydrogen-bond acceptors (Lipinski definition) is 3. The first kappa shape index (κ1) is 14.0. The fraction of sp³-hybridized carbons (Fsp3) is 0.941. The summed E-state index contributed by atoms with van der Waals surface area (Å²) in [4.78, 5) is 15.3. The van der Waals surface area contributed by atoms with Crippen LogP contribution in [0.2, 0.25) is 0 Å². The average molecular weight is 292 g/mol. The molecule has 0 aromatic heterocycles. The van der Waals surface area contributed by atoms with E-state index < -0.39 is 0 Å². The van der Waals surface area contributed by atoms with E-state index in [1.54, 1.807) is 0 Å². The van der Waals surface area contributed by atoms with Gasteiger partial charge in [0, 0.05) is 0 Å². The Kier molecular flexibility index (Phi) is 3.30. The van der Waals surface area contributed by atoms with Crippen molar-refractivity contribution in [2.45, 2.75) is 95.2 Å². The first-order valence-electron chi connectivity index (χ1n) is 8.88. The third-order valence-corrected chi connectivity index (χ3v) is 6.46. The van der Waals surface area contributed by atoms with Crippen molar-refractivity contribution in [1.29, 1.82) is 0 Å². The molecule has 0 aromatic carbocycles. The second-order valence-corrected chi connectivity index (χ2v) is 7.71. The minimum absolute atomic E-state index is 0.248. The van der Waals surface area contributed by atoms with Crippen molar-refractivity contribution in [3.05, 3.63) is 0 Å². The summed E-state index contributed by atoms with van der Waals surface area (Å²) in [5.41, 5.74) is -0.366. The van der Waals surface area contributed by atoms with E-state index in [0.717, 1.165) is 19.3 Å². The number of nitrogens with one attached hydrogen (secondary N) is 1. The number of ether oxygens (including phenoxy) is 1. The lowest BCUT2D eigenvalue weighted by Gasteiger charge is -2.36. The number of hydrogen-bond donors (Lipinski definition) is 1. The topological polar surface area (TPSA) is 41.6 Å². The highest BCUT2D eigenvalue weighted by Gasteiger charge is 2.56. The van der Waals surface area contributed by atoms with Gasteiger partial charge in [0.1, 0.15) is 0 Å². The Morgan fingerprint density at radius 2 is 2.05 bits per heavy atom. The van der Waals surface area contributed by atoms with Crippen LogP contribution in [0.15, 0.2) is 0 Å². The van der Waals surface area contributed by atoms with Crippen LogP contribution in [0.25, 0.3) is 0 Å². The van der Waals surface area contributed by atoms with Crippen LogP contribution in [0.3, 0.4) is 0 Å². The molecule has 1 aliphatic carbocycles. The lowest BCUT2D eigenvalue weighted by molar-refractivity contribution is -0.137. The number of carbonyl (C=O) groups excluding carboxylic acids is 1. The number of fused-ring (bicyclic) bond motifs is 2. The van der Waals surface area contributed by atoms with Crippen LogP contribution in [0.5, 0.6) is 0 Å². The van der Waals surface area contributed by atoms with Crippen molar-refractivity contribution in [2.24, 2.45) is 5.92 Å². The van der Waals surface area contributed by atoms with E-state index in [4.69, 9.17) is 4.74 Å². The monoisotopic (exact) mass is 292 g/mol. The standard InChI is InChI=1S/C17H28N2O2/c1-3-17(2)16(20)19(13-10-12-8-9-14(13)21-12)15(18-17)11-6-4-5-7-11/h11-15,18H,3-10H2,1-2H3. The largest absolute Gasteiger partial charge is 0.373 e. The molecule has 1 saturated carbocycles. The molecular formula is C17H28N2O2. The Morgan fingerprint density at radius 1 is 1.29 bits per heavy atom. The number of rotatable bonds is 3. The van der Waals surface area contributed by atoms with Gasteiger partial charge in [-0.25, -0.2) is 0 Å². The lowest BCUT2D eigenvalue weighted by atomic mass is 9.91. The van der Waals surface area contributed by atoms with Crippen molar-refractivity contribution in [3.63, 3.8) is 0 Å². The molecule has 21 heavy (non-hydrogen) atoms. The highest BCUT2D eigenvalue weighted by Crippen LogP contribution is 2.43. The maximum Gasteiger partial charge on any atom is 0.244 e. The fourth-order valence-electron chi connectivity index (χ4n) is 5.00. The zero-order valence-electron chi connectivity index (χ0n) is 13.3. The summed E-state index contributed by atoms with van der Waals surface area (Å²) in [6.07, 6.45) is 10.4. The van der Waals surface area contributed by atoms with E-state index in [2.05, 4.69) is 24.1 Å². The van der Waals surface area contributed by atoms with Gasteiger partial charge in [0.2, 0.25) is 5.91 Å². The van der Waals surface area contributed by atoms with E-state index in [1.165, 1.54) is 32.1 Å². The summed E-state index contributed by atoms with van der Waals surface area (Å²) in [6, 6.07) is 0.322. The smallest absolute Gasteiger partial charge is 0.244 e. The summed E-state index contributed by atoms with van der Waals surface area (Å²) in [6.45, 7) is 4.21. The molecule has 5 atom stereocenters. The quantitative estimate of drug-likeness (QED) is 0.868. The molecule has 4 rings (SSSR count). The number of nitrogens with zero attached hydrogens (tertiary/aromatic N) is 1. The van der Waals surface area contributed by atoms with E-state index in [0.29, 0.717) is 30.1 Å². The molecule has 1 N–H and O–H groups in total. The molecule has 0 spiro atoms. The Morgan fingerprint density at radius 3 is 2.62 bits per heavy atom. The van der Waals surface area contributed by atoms with E-state index in [1.807, 2.05) is 0 Å². The zero-order valence-corrected chi connectivity index (χ0v) is 13.3. The molecule has 3 heterocycles. The first-order chi connectivity index (χ1) is 10.1. The summed E-state index contributed by atoms with van der Waals surface area (Å²) in [5.74, 6) is 0.963. The fourth-order valence-corrected chi connectivity index (χ4v) is 5.00. The zero-order chi connectivity index (χ0) is 14.6. The molecule has 5 unspecified atom stereocenters. The predicted octanol–water partition coefficient (Wildman–Crippen LogP) is 2.42. The molecule has 4 heteroatoms. The molecule has 4 aliphatic rings. The van der Waals surface area contributed by atoms with Crippen LogP contribution in [-0.2, 0) is 9.53 Å². The minimum atomic E-state index is -0.366. The molecule has 1 amide bonds. The molecular weight excluding hydrogens is 264 g/mol. The predicted molar refractivity (Wildman–Crippen MR) is 80.7 cm³/mol. The summed E-state index contributed by atoms with van der Waals surface area (Å²) >= 11 is 0. The Balaban J connectivity index is 1.62. The maximum absolute atomic E-state index is 13.1. The van der Waals surface area contributed by atoms with E-state index in [-0.39, 0.29) is 11.7 Å². The normalized spacial score (nSPS) is 47.0. The molecule has 3 saturated heterocycles. The van der Waals surface area contributed by atoms with Gasteiger partial charge in [-0.2, -0.15) is 0 Å². The van der Waals surface area contributed by atoms with Gasteiger partial charge in [-0.3, -0.25) is 10.1 Å². The molecule has 118 valence electrons. The summed E-state index contributed by atoms with van der Waals surface area (Å²) < 4.78 is 6.04. The van der Waals surface area contributed by atoms with Crippen LogP contribution in [0.4, 0.5) is 0 Å². The highest BCUT2D eigenvalue weighted by atomic mass is 16.5. The summed E-state index contributed by atoms with van der Waals surface area (Å²) in [5, 5.41) is 3.72. The van der Waals surface area contributed by atoms with Crippen LogP contribution >= 0.6 is 0 Å². The highest BCUT2D eigenvalue weighted by molar-refractivity contribution is 5.88. The van der Waals surface area contributed by atoms with Gasteiger partial charge in [0.15, 0.2) is 0 Å². The van der Waals surface area contributed by atoms with E-state index in [9.17, 15) is 4.79 Å². The van der Waals surface area contributed by atoms with Gasteiger partial charge in [-0.1, -0.05) is 19.8 Å². The Bertz CT molecular complexity index is 435. The van der Waals surface area contributed by atoms with Crippen molar-refractivity contribution in [3.8, 4) is 0 Å². The van der Waals surface area contributed by atoms with Crippen molar-refractivity contribution >= 4 is 5.91 Å². The molecule has 0 radical (unpaired) electrons. The third-order valence-electron chi connectivity index (χ3n) is 6.46. The molecule has 0 aromatic rings. The first-order valence-corrected chi connectivity index (χ1v) is 8.88. The van der Waals surface area contributed by atoms with Crippen LogP contribution in [-0.4, -0.2) is 40.8 Å². The molecule has 4 nitrogen and oxygen atoms in total. The minimum Gasteiger partial charge on any atom is -0.373 e. The number of carbonyl (C=O) groups is 1. The van der Waals surface area contributed by atoms with Gasteiger partial charge in [0.25, 0.3) is 0 Å². The Hall–Kier alpha value is -0.610. The van der Waals surface area contributed by atoms with Gasteiger partial charge in [-0.05, 0) is 51.4 Å². The van der Waals surface area contributed by atoms with Gasteiger partial charge in [-0.15, -0.1) is 0 Å². The average Bonchev–Trinajstić information content (AvgIpc) is 3.23. The Labute approximate surface area is 127 Å². The maximum atomic E-state index is 13.1. The van der Waals surface area contributed by atoms with Crippen molar-refractivity contribution < 1.29 is 9.53 Å². The second kappa shape index (κ2) is 4.95. The third kappa shape index (κ3) is 2.06. The lowest BCUT2D eigenvalue weighted by Crippen LogP contribution is -2.51. The van der Waals surface area contributed by atoms with Gasteiger partial charge in [0.05, 0.1) is 30.0 Å². The second-order valence-electron chi connectivity index (χ2n) is 7.71. The van der Waals surface area contributed by atoms with Crippen molar-refractivity contribution in [1.82, 2.24) is 10.2 Å². The number of amides is 1. The van der Waals surface area contributed by atoms with Crippen LogP contribution < -0.4 is 5.32 Å².